The van der Waals surface area contributed by atoms with Crippen molar-refractivity contribution in [2.24, 2.45) is 0 Å². The first-order valence-electron chi connectivity index (χ1n) is 9.33. The lowest BCUT2D eigenvalue weighted by atomic mass is 10.1. The second kappa shape index (κ2) is 10.9. The van der Waals surface area contributed by atoms with Gasteiger partial charge in [0.25, 0.3) is 5.91 Å². The highest BCUT2D eigenvalue weighted by molar-refractivity contribution is 6.40. The minimum absolute atomic E-state index is 0.129. The van der Waals surface area contributed by atoms with E-state index >= 15 is 0 Å². The number of nitrogens with one attached hydrogen (secondary N) is 1. The third kappa shape index (κ3) is 5.95. The molecule has 32 heavy (non-hydrogen) atoms. The average Bonchev–Trinajstić information content (AvgIpc) is 2.78. The maximum absolute atomic E-state index is 12.6. The average molecular weight is 488 g/mol. The van der Waals surface area contributed by atoms with Gasteiger partial charge in [-0.25, -0.2) is 0 Å². The van der Waals surface area contributed by atoms with E-state index in [1.807, 2.05) is 24.3 Å². The third-order valence-electron chi connectivity index (χ3n) is 4.35. The Morgan fingerprint density at radius 3 is 2.41 bits per heavy atom. The van der Waals surface area contributed by atoms with Gasteiger partial charge in [0, 0.05) is 5.02 Å². The number of carbonyl (C=O) groups excluding carboxylic acids is 1. The molecular formula is C24H17Cl3N2O3. The molecule has 3 aromatic carbocycles. The van der Waals surface area contributed by atoms with Crippen LogP contribution in [0, 0.1) is 11.3 Å². The van der Waals surface area contributed by atoms with E-state index in [-0.39, 0.29) is 21.3 Å². The number of hydrogen-bond donors (Lipinski definition) is 1. The van der Waals surface area contributed by atoms with E-state index in [2.05, 4.69) is 5.32 Å². The normalized spacial score (nSPS) is 10.9. The summed E-state index contributed by atoms with van der Waals surface area (Å²) in [4.78, 5) is 12.6. The number of rotatable bonds is 7. The molecule has 0 unspecified atom stereocenters. The zero-order valence-corrected chi connectivity index (χ0v) is 19.1. The monoisotopic (exact) mass is 486 g/mol. The summed E-state index contributed by atoms with van der Waals surface area (Å²) in [7, 11) is 1.51. The fraction of sp³-hybridized carbons (Fsp3) is 0.0833. The molecule has 1 amide bonds. The van der Waals surface area contributed by atoms with E-state index in [1.165, 1.54) is 13.2 Å². The van der Waals surface area contributed by atoms with Gasteiger partial charge in [-0.3, -0.25) is 4.79 Å². The van der Waals surface area contributed by atoms with Crippen molar-refractivity contribution >= 4 is 52.5 Å². The number of nitriles is 1. The number of carbonyl (C=O) groups is 1. The minimum Gasteiger partial charge on any atom is -0.493 e. The van der Waals surface area contributed by atoms with E-state index in [1.54, 1.807) is 42.5 Å². The van der Waals surface area contributed by atoms with Crippen LogP contribution in [0.15, 0.2) is 66.2 Å². The fourth-order valence-electron chi connectivity index (χ4n) is 2.79. The van der Waals surface area contributed by atoms with Gasteiger partial charge in [-0.05, 0) is 53.6 Å². The van der Waals surface area contributed by atoms with Crippen LogP contribution in [0.4, 0.5) is 5.69 Å². The summed E-state index contributed by atoms with van der Waals surface area (Å²) >= 11 is 18.2. The van der Waals surface area contributed by atoms with Gasteiger partial charge >= 0.3 is 0 Å². The number of benzene rings is 3. The van der Waals surface area contributed by atoms with E-state index < -0.39 is 5.91 Å². The van der Waals surface area contributed by atoms with E-state index in [0.29, 0.717) is 28.7 Å². The Labute approximate surface area is 200 Å². The summed E-state index contributed by atoms with van der Waals surface area (Å²) in [5.41, 5.74) is 1.60. The fourth-order valence-corrected chi connectivity index (χ4v) is 3.50. The highest BCUT2D eigenvalue weighted by atomic mass is 35.5. The molecule has 0 saturated carbocycles. The van der Waals surface area contributed by atoms with Gasteiger partial charge in [-0.15, -0.1) is 0 Å². The van der Waals surface area contributed by atoms with Crippen molar-refractivity contribution in [3.63, 3.8) is 0 Å². The SMILES string of the molecule is COc1cc(/C=C(\C#N)C(=O)Nc2c(Cl)cccc2Cl)ccc1OCc1cccc(Cl)c1. The largest absolute Gasteiger partial charge is 0.493 e. The Morgan fingerprint density at radius 1 is 1.03 bits per heavy atom. The Kier molecular flexibility index (Phi) is 8.02. The molecule has 0 spiro atoms. The number of ether oxygens (including phenoxy) is 2. The van der Waals surface area contributed by atoms with Gasteiger partial charge in [0.05, 0.1) is 22.8 Å². The van der Waals surface area contributed by atoms with Crippen molar-refractivity contribution in [2.45, 2.75) is 6.61 Å². The van der Waals surface area contributed by atoms with E-state index in [9.17, 15) is 10.1 Å². The standard InChI is InChI=1S/C24H17Cl3N2O3/c1-31-22-12-15(8-9-21(22)32-14-16-4-2-5-18(25)11-16)10-17(13-28)24(30)29-23-19(26)6-3-7-20(23)27/h2-12H,14H2,1H3,(H,29,30)/b17-10+. The number of anilines is 1. The molecule has 0 saturated heterocycles. The molecule has 3 rings (SSSR count). The predicted molar refractivity (Wildman–Crippen MR) is 127 cm³/mol. The molecule has 0 atom stereocenters. The molecule has 0 aromatic heterocycles. The third-order valence-corrected chi connectivity index (χ3v) is 5.21. The summed E-state index contributed by atoms with van der Waals surface area (Å²) < 4.78 is 11.2. The van der Waals surface area contributed by atoms with Gasteiger partial charge in [-0.2, -0.15) is 5.26 Å². The summed E-state index contributed by atoms with van der Waals surface area (Å²) in [5, 5.41) is 13.2. The van der Waals surface area contributed by atoms with Crippen LogP contribution >= 0.6 is 34.8 Å². The summed E-state index contributed by atoms with van der Waals surface area (Å²) in [5.74, 6) is 0.325. The quantitative estimate of drug-likeness (QED) is 0.294. The van der Waals surface area contributed by atoms with Crippen LogP contribution in [0.2, 0.25) is 15.1 Å². The second-order valence-corrected chi connectivity index (χ2v) is 7.80. The number of amides is 1. The number of methoxy groups -OCH3 is 1. The molecule has 0 aliphatic rings. The Bertz CT molecular complexity index is 1200. The summed E-state index contributed by atoms with van der Waals surface area (Å²) in [6.07, 6.45) is 1.43. The first-order chi connectivity index (χ1) is 15.4. The van der Waals surface area contributed by atoms with Crippen LogP contribution in [0.1, 0.15) is 11.1 Å². The predicted octanol–water partition coefficient (Wildman–Crippen LogP) is 6.78. The molecule has 8 heteroatoms. The van der Waals surface area contributed by atoms with Crippen molar-refractivity contribution in [2.75, 3.05) is 12.4 Å². The van der Waals surface area contributed by atoms with Crippen LogP contribution in [-0.2, 0) is 11.4 Å². The molecule has 3 aromatic rings. The maximum atomic E-state index is 12.6. The van der Waals surface area contributed by atoms with Crippen molar-refractivity contribution in [3.8, 4) is 17.6 Å². The van der Waals surface area contributed by atoms with Gasteiger partial charge in [0.15, 0.2) is 11.5 Å². The number of para-hydroxylation sites is 1. The Balaban J connectivity index is 1.78. The maximum Gasteiger partial charge on any atom is 0.266 e. The van der Waals surface area contributed by atoms with Crippen LogP contribution in [-0.4, -0.2) is 13.0 Å². The molecule has 5 nitrogen and oxygen atoms in total. The minimum atomic E-state index is -0.636. The van der Waals surface area contributed by atoms with Gasteiger partial charge in [0.1, 0.15) is 18.2 Å². The Hall–Kier alpha value is -3.17. The highest BCUT2D eigenvalue weighted by Gasteiger charge is 2.14. The van der Waals surface area contributed by atoms with Crippen LogP contribution < -0.4 is 14.8 Å². The van der Waals surface area contributed by atoms with Crippen LogP contribution in [0.3, 0.4) is 0 Å². The lowest BCUT2D eigenvalue weighted by molar-refractivity contribution is -0.112. The van der Waals surface area contributed by atoms with E-state index in [0.717, 1.165) is 5.56 Å². The van der Waals surface area contributed by atoms with Crippen molar-refractivity contribution < 1.29 is 14.3 Å². The van der Waals surface area contributed by atoms with Crippen LogP contribution in [0.25, 0.3) is 6.08 Å². The highest BCUT2D eigenvalue weighted by Crippen LogP contribution is 2.31. The molecule has 0 bridgehead atoms. The Morgan fingerprint density at radius 2 is 1.75 bits per heavy atom. The smallest absolute Gasteiger partial charge is 0.266 e. The zero-order valence-electron chi connectivity index (χ0n) is 16.9. The lowest BCUT2D eigenvalue weighted by Gasteiger charge is -2.12. The number of hydrogen-bond acceptors (Lipinski definition) is 4. The number of halogens is 3. The van der Waals surface area contributed by atoms with Crippen molar-refractivity contribution in [1.82, 2.24) is 0 Å². The van der Waals surface area contributed by atoms with Gasteiger partial charge in [-0.1, -0.05) is 59.1 Å². The second-order valence-electron chi connectivity index (χ2n) is 6.55. The molecule has 0 heterocycles. The topological polar surface area (TPSA) is 71.3 Å². The molecule has 1 N–H and O–H groups in total. The zero-order chi connectivity index (χ0) is 23.1. The lowest BCUT2D eigenvalue weighted by Crippen LogP contribution is -2.14. The molecule has 0 radical (unpaired) electrons. The number of nitrogens with zero attached hydrogens (tertiary/aromatic N) is 1. The molecule has 0 aliphatic heterocycles. The molecule has 162 valence electrons. The molecular weight excluding hydrogens is 471 g/mol. The summed E-state index contributed by atoms with van der Waals surface area (Å²) in [6.45, 7) is 0.302. The summed E-state index contributed by atoms with van der Waals surface area (Å²) in [6, 6.07) is 19.2. The van der Waals surface area contributed by atoms with Crippen LogP contribution in [0.5, 0.6) is 11.5 Å². The first-order valence-corrected chi connectivity index (χ1v) is 10.5. The molecule has 0 aliphatic carbocycles. The molecule has 0 fully saturated rings. The first kappa shape index (κ1) is 23.5. The van der Waals surface area contributed by atoms with Crippen molar-refractivity contribution in [1.29, 1.82) is 5.26 Å². The van der Waals surface area contributed by atoms with Crippen molar-refractivity contribution in [3.05, 3.63) is 92.4 Å². The van der Waals surface area contributed by atoms with Gasteiger partial charge in [0.2, 0.25) is 0 Å². The van der Waals surface area contributed by atoms with E-state index in [4.69, 9.17) is 44.3 Å². The van der Waals surface area contributed by atoms with Gasteiger partial charge < -0.3 is 14.8 Å².